The normalized spacial score (nSPS) is 14.2. The first kappa shape index (κ1) is 16.8. The van der Waals surface area contributed by atoms with Crippen LogP contribution >= 0.6 is 0 Å². The van der Waals surface area contributed by atoms with E-state index in [-0.39, 0.29) is 0 Å². The van der Waals surface area contributed by atoms with E-state index in [1.807, 2.05) is 49.1 Å². The Bertz CT molecular complexity index is 825. The summed E-state index contributed by atoms with van der Waals surface area (Å²) in [7, 11) is 0. The van der Waals surface area contributed by atoms with Gasteiger partial charge in [0.05, 0.1) is 18.9 Å². The molecule has 0 aromatic carbocycles. The van der Waals surface area contributed by atoms with E-state index in [4.69, 9.17) is 4.74 Å². The van der Waals surface area contributed by atoms with Crippen LogP contribution in [0.15, 0.2) is 61.3 Å². The summed E-state index contributed by atoms with van der Waals surface area (Å²) in [6.07, 6.45) is 10.4. The molecule has 0 saturated heterocycles. The molecule has 4 heterocycles. The van der Waals surface area contributed by atoms with E-state index in [1.54, 1.807) is 6.20 Å². The van der Waals surface area contributed by atoms with Crippen molar-refractivity contribution in [3.8, 4) is 0 Å². The van der Waals surface area contributed by atoms with Crippen molar-refractivity contribution >= 4 is 0 Å². The van der Waals surface area contributed by atoms with Crippen molar-refractivity contribution < 1.29 is 4.74 Å². The highest BCUT2D eigenvalue weighted by Crippen LogP contribution is 2.23. The number of fused-ring (bicyclic) bond motifs is 1. The average Bonchev–Trinajstić information content (AvgIpc) is 2.70. The monoisotopic (exact) mass is 346 g/mol. The van der Waals surface area contributed by atoms with Gasteiger partial charge >= 0.3 is 0 Å². The average molecular weight is 346 g/mol. The minimum absolute atomic E-state index is 0.573. The summed E-state index contributed by atoms with van der Waals surface area (Å²) in [4.78, 5) is 15.4. The molecule has 3 aromatic rings. The zero-order valence-electron chi connectivity index (χ0n) is 14.7. The van der Waals surface area contributed by atoms with Gasteiger partial charge in [0.1, 0.15) is 0 Å². The fraction of sp³-hybridized carbons (Fsp3) is 0.286. The third-order valence-electron chi connectivity index (χ3n) is 4.67. The number of hydrogen-bond donors (Lipinski definition) is 0. The van der Waals surface area contributed by atoms with Crippen LogP contribution in [0.3, 0.4) is 0 Å². The lowest BCUT2D eigenvalue weighted by atomic mass is 9.97. The summed E-state index contributed by atoms with van der Waals surface area (Å²) in [6.45, 7) is 3.98. The van der Waals surface area contributed by atoms with Crippen LogP contribution in [0.4, 0.5) is 0 Å². The molecule has 0 N–H and O–H groups in total. The topological polar surface area (TPSA) is 51.1 Å². The number of ether oxygens (including phenoxy) is 1. The van der Waals surface area contributed by atoms with Crippen molar-refractivity contribution in [3.63, 3.8) is 0 Å². The highest BCUT2D eigenvalue weighted by atomic mass is 16.5. The van der Waals surface area contributed by atoms with Gasteiger partial charge in [0.15, 0.2) is 0 Å². The van der Waals surface area contributed by atoms with Gasteiger partial charge in [-0.1, -0.05) is 12.1 Å². The van der Waals surface area contributed by atoms with Crippen LogP contribution in [0.2, 0.25) is 0 Å². The highest BCUT2D eigenvalue weighted by Gasteiger charge is 2.19. The van der Waals surface area contributed by atoms with Gasteiger partial charge < -0.3 is 4.74 Å². The van der Waals surface area contributed by atoms with Crippen molar-refractivity contribution in [2.24, 2.45) is 0 Å². The van der Waals surface area contributed by atoms with Crippen molar-refractivity contribution in [3.05, 3.63) is 89.3 Å². The molecular formula is C21H22N4O. The molecular weight excluding hydrogens is 324 g/mol. The van der Waals surface area contributed by atoms with E-state index in [1.165, 1.54) is 16.7 Å². The predicted molar refractivity (Wildman–Crippen MR) is 99.0 cm³/mol. The Morgan fingerprint density at radius 3 is 2.81 bits per heavy atom. The van der Waals surface area contributed by atoms with Gasteiger partial charge in [-0.15, -0.1) is 0 Å². The van der Waals surface area contributed by atoms with Gasteiger partial charge in [-0.3, -0.25) is 19.9 Å². The lowest BCUT2D eigenvalue weighted by Crippen LogP contribution is -2.31. The lowest BCUT2D eigenvalue weighted by Gasteiger charge is -2.29. The molecule has 132 valence electrons. The predicted octanol–water partition coefficient (Wildman–Crippen LogP) is 3.15. The minimum Gasteiger partial charge on any atom is -0.372 e. The van der Waals surface area contributed by atoms with Crippen molar-refractivity contribution in [2.45, 2.75) is 32.7 Å². The SMILES string of the molecule is c1ccc(CN2CCc3c(COCc4cccnc4)cncc3C2)nc1. The van der Waals surface area contributed by atoms with Crippen LogP contribution in [0, 0.1) is 0 Å². The summed E-state index contributed by atoms with van der Waals surface area (Å²) < 4.78 is 5.89. The van der Waals surface area contributed by atoms with Crippen molar-refractivity contribution in [2.75, 3.05) is 6.54 Å². The standard InChI is InChI=1S/C21H22N4O/c1-2-8-24-20(5-1)14-25-9-6-21-18(13-25)11-23-12-19(21)16-26-15-17-4-3-7-22-10-17/h1-5,7-8,10-12H,6,9,13-16H2. The van der Waals surface area contributed by atoms with Crippen molar-refractivity contribution in [1.29, 1.82) is 0 Å². The molecule has 0 fully saturated rings. The molecule has 0 amide bonds. The Hall–Kier alpha value is -2.63. The van der Waals surface area contributed by atoms with Crippen LogP contribution in [-0.4, -0.2) is 26.4 Å². The number of pyridine rings is 3. The molecule has 5 nitrogen and oxygen atoms in total. The molecule has 1 aliphatic rings. The largest absolute Gasteiger partial charge is 0.372 e. The number of rotatable bonds is 6. The molecule has 5 heteroatoms. The first-order valence-corrected chi connectivity index (χ1v) is 8.92. The Morgan fingerprint density at radius 2 is 1.96 bits per heavy atom. The second-order valence-corrected chi connectivity index (χ2v) is 6.57. The molecule has 26 heavy (non-hydrogen) atoms. The Morgan fingerprint density at radius 1 is 0.962 bits per heavy atom. The maximum Gasteiger partial charge on any atom is 0.0739 e. The molecule has 0 radical (unpaired) electrons. The van der Waals surface area contributed by atoms with Gasteiger partial charge in [-0.2, -0.15) is 0 Å². The molecule has 0 aliphatic carbocycles. The Labute approximate surface area is 153 Å². The first-order valence-electron chi connectivity index (χ1n) is 8.92. The number of hydrogen-bond acceptors (Lipinski definition) is 5. The maximum atomic E-state index is 5.89. The van der Waals surface area contributed by atoms with Crippen LogP contribution in [-0.2, 0) is 37.5 Å². The van der Waals surface area contributed by atoms with Crippen molar-refractivity contribution in [1.82, 2.24) is 19.9 Å². The fourth-order valence-electron chi connectivity index (χ4n) is 3.37. The first-order chi connectivity index (χ1) is 12.9. The molecule has 4 rings (SSSR count). The van der Waals surface area contributed by atoms with Gasteiger partial charge in [-0.25, -0.2) is 0 Å². The summed E-state index contributed by atoms with van der Waals surface area (Å²) in [5.74, 6) is 0. The Kier molecular flexibility index (Phi) is 5.28. The zero-order valence-corrected chi connectivity index (χ0v) is 14.7. The molecule has 1 aliphatic heterocycles. The van der Waals surface area contributed by atoms with E-state index in [2.05, 4.69) is 25.9 Å². The molecule has 0 saturated carbocycles. The van der Waals surface area contributed by atoms with Crippen LogP contribution in [0.25, 0.3) is 0 Å². The van der Waals surface area contributed by atoms with Crippen LogP contribution in [0.5, 0.6) is 0 Å². The van der Waals surface area contributed by atoms with E-state index >= 15 is 0 Å². The van der Waals surface area contributed by atoms with Gasteiger partial charge in [0, 0.05) is 50.6 Å². The zero-order chi connectivity index (χ0) is 17.6. The third-order valence-corrected chi connectivity index (χ3v) is 4.67. The quantitative estimate of drug-likeness (QED) is 0.686. The molecule has 0 spiro atoms. The third kappa shape index (κ3) is 4.12. The van der Waals surface area contributed by atoms with Gasteiger partial charge in [0.25, 0.3) is 0 Å². The lowest BCUT2D eigenvalue weighted by molar-refractivity contribution is 0.105. The van der Waals surface area contributed by atoms with Gasteiger partial charge in [-0.05, 0) is 46.9 Å². The summed E-state index contributed by atoms with van der Waals surface area (Å²) in [6, 6.07) is 10.0. The van der Waals surface area contributed by atoms with Crippen LogP contribution in [0.1, 0.15) is 27.9 Å². The van der Waals surface area contributed by atoms with E-state index in [0.29, 0.717) is 13.2 Å². The molecule has 0 bridgehead atoms. The number of aromatic nitrogens is 3. The molecule has 0 unspecified atom stereocenters. The van der Waals surface area contributed by atoms with E-state index in [9.17, 15) is 0 Å². The number of nitrogens with zero attached hydrogens (tertiary/aromatic N) is 4. The highest BCUT2D eigenvalue weighted by molar-refractivity contribution is 5.33. The molecule has 0 atom stereocenters. The summed E-state index contributed by atoms with van der Waals surface area (Å²) in [5, 5.41) is 0. The van der Waals surface area contributed by atoms with E-state index < -0.39 is 0 Å². The van der Waals surface area contributed by atoms with Gasteiger partial charge in [0.2, 0.25) is 0 Å². The molecule has 3 aromatic heterocycles. The maximum absolute atomic E-state index is 5.89. The summed E-state index contributed by atoms with van der Waals surface area (Å²) in [5.41, 5.74) is 6.09. The smallest absolute Gasteiger partial charge is 0.0739 e. The minimum atomic E-state index is 0.573. The second-order valence-electron chi connectivity index (χ2n) is 6.57. The van der Waals surface area contributed by atoms with E-state index in [0.717, 1.165) is 37.3 Å². The summed E-state index contributed by atoms with van der Waals surface area (Å²) >= 11 is 0. The Balaban J connectivity index is 1.38. The second kappa shape index (κ2) is 8.17. The fourth-order valence-corrected chi connectivity index (χ4v) is 3.37. The van der Waals surface area contributed by atoms with Crippen LogP contribution < -0.4 is 0 Å².